The number of benzene rings is 1. The number of nitrogens with one attached hydrogen (secondary N) is 1. The number of hydrogen-bond donors (Lipinski definition) is 1. The van der Waals surface area contributed by atoms with Crippen LogP contribution in [-0.4, -0.2) is 30.2 Å². The highest BCUT2D eigenvalue weighted by atomic mass is 16.2. The standard InChI is InChI=1S/C13H14N2O2/c1-15(8-10-5-3-2-4-6-10)9-11-12(16)7-14-13(11)17/h2-6,9H,7-8H2,1H3,(H,14,17)/b11-9-. The van der Waals surface area contributed by atoms with Crippen LogP contribution in [0.4, 0.5) is 0 Å². The topological polar surface area (TPSA) is 49.4 Å². The first-order valence-electron chi connectivity index (χ1n) is 5.44. The van der Waals surface area contributed by atoms with E-state index >= 15 is 0 Å². The molecule has 0 bridgehead atoms. The van der Waals surface area contributed by atoms with Gasteiger partial charge in [0.05, 0.1) is 6.54 Å². The van der Waals surface area contributed by atoms with Gasteiger partial charge in [-0.1, -0.05) is 30.3 Å². The molecule has 0 atom stereocenters. The number of carbonyl (C=O) groups excluding carboxylic acids is 2. The van der Waals surface area contributed by atoms with Gasteiger partial charge in [0.15, 0.2) is 5.78 Å². The summed E-state index contributed by atoms with van der Waals surface area (Å²) in [7, 11) is 1.85. The van der Waals surface area contributed by atoms with Crippen molar-refractivity contribution in [1.29, 1.82) is 0 Å². The Bertz CT molecular complexity index is 448. The normalized spacial score (nSPS) is 17.4. The molecule has 0 aliphatic carbocycles. The molecule has 1 aromatic rings. The number of nitrogens with zero attached hydrogens (tertiary/aromatic N) is 1. The third-order valence-electron chi connectivity index (χ3n) is 2.58. The van der Waals surface area contributed by atoms with E-state index in [2.05, 4.69) is 5.32 Å². The molecule has 1 aliphatic rings. The number of ketones is 1. The highest BCUT2D eigenvalue weighted by Crippen LogP contribution is 2.08. The fourth-order valence-corrected chi connectivity index (χ4v) is 1.75. The van der Waals surface area contributed by atoms with Crippen LogP contribution in [-0.2, 0) is 16.1 Å². The minimum absolute atomic E-state index is 0.115. The lowest BCUT2D eigenvalue weighted by molar-refractivity contribution is -0.117. The van der Waals surface area contributed by atoms with Gasteiger partial charge in [-0.3, -0.25) is 9.59 Å². The van der Waals surface area contributed by atoms with Gasteiger partial charge in [0.2, 0.25) is 0 Å². The van der Waals surface area contributed by atoms with Gasteiger partial charge in [-0.05, 0) is 5.56 Å². The highest BCUT2D eigenvalue weighted by molar-refractivity contribution is 6.24. The van der Waals surface area contributed by atoms with Crippen molar-refractivity contribution in [1.82, 2.24) is 10.2 Å². The Hall–Kier alpha value is -2.10. The maximum absolute atomic E-state index is 11.4. The first-order valence-corrected chi connectivity index (χ1v) is 5.44. The van der Waals surface area contributed by atoms with Crippen LogP contribution in [0.1, 0.15) is 5.56 Å². The average Bonchev–Trinajstić information content (AvgIpc) is 2.62. The molecule has 17 heavy (non-hydrogen) atoms. The van der Waals surface area contributed by atoms with Gasteiger partial charge >= 0.3 is 0 Å². The first kappa shape index (κ1) is 11.4. The van der Waals surface area contributed by atoms with Gasteiger partial charge in [-0.25, -0.2) is 0 Å². The van der Waals surface area contributed by atoms with E-state index in [0.29, 0.717) is 6.54 Å². The summed E-state index contributed by atoms with van der Waals surface area (Å²) < 4.78 is 0. The second-order valence-corrected chi connectivity index (χ2v) is 4.05. The maximum Gasteiger partial charge on any atom is 0.256 e. The van der Waals surface area contributed by atoms with Gasteiger partial charge in [0, 0.05) is 19.8 Å². The third kappa shape index (κ3) is 2.72. The average molecular weight is 230 g/mol. The Balaban J connectivity index is 2.06. The smallest absolute Gasteiger partial charge is 0.256 e. The Morgan fingerprint density at radius 1 is 1.29 bits per heavy atom. The summed E-state index contributed by atoms with van der Waals surface area (Å²) in [5.41, 5.74) is 1.38. The van der Waals surface area contributed by atoms with Crippen LogP contribution in [0.2, 0.25) is 0 Å². The molecule has 1 aromatic carbocycles. The quantitative estimate of drug-likeness (QED) is 0.614. The van der Waals surface area contributed by atoms with Crippen molar-refractivity contribution < 1.29 is 9.59 Å². The molecular formula is C13H14N2O2. The van der Waals surface area contributed by atoms with Crippen LogP contribution in [0.5, 0.6) is 0 Å². The monoisotopic (exact) mass is 230 g/mol. The Morgan fingerprint density at radius 3 is 2.59 bits per heavy atom. The molecule has 1 heterocycles. The SMILES string of the molecule is CN(/C=C1/C(=O)CNC1=O)Cc1ccccc1. The summed E-state index contributed by atoms with van der Waals surface area (Å²) in [4.78, 5) is 24.6. The second-order valence-electron chi connectivity index (χ2n) is 4.05. The summed E-state index contributed by atoms with van der Waals surface area (Å²) in [5.74, 6) is -0.426. The van der Waals surface area contributed by atoms with Crippen LogP contribution >= 0.6 is 0 Å². The largest absolute Gasteiger partial charge is 0.375 e. The van der Waals surface area contributed by atoms with Crippen molar-refractivity contribution >= 4 is 11.7 Å². The third-order valence-corrected chi connectivity index (χ3v) is 2.58. The number of carbonyl (C=O) groups is 2. The van der Waals surface area contributed by atoms with Gasteiger partial charge in [0.25, 0.3) is 5.91 Å². The van der Waals surface area contributed by atoms with E-state index in [1.165, 1.54) is 0 Å². The molecule has 1 aliphatic heterocycles. The van der Waals surface area contributed by atoms with Gasteiger partial charge in [-0.2, -0.15) is 0 Å². The van der Waals surface area contributed by atoms with Crippen molar-refractivity contribution in [2.75, 3.05) is 13.6 Å². The molecule has 0 saturated carbocycles. The number of amides is 1. The number of Topliss-reactive ketones (excluding diaryl/α,β-unsaturated/α-hetero) is 1. The van der Waals surface area contributed by atoms with Crippen molar-refractivity contribution in [3.05, 3.63) is 47.7 Å². The molecule has 88 valence electrons. The van der Waals surface area contributed by atoms with E-state index in [1.54, 1.807) is 6.20 Å². The van der Waals surface area contributed by atoms with E-state index in [-0.39, 0.29) is 23.8 Å². The van der Waals surface area contributed by atoms with Crippen molar-refractivity contribution in [3.8, 4) is 0 Å². The zero-order chi connectivity index (χ0) is 12.3. The van der Waals surface area contributed by atoms with Gasteiger partial charge in [0.1, 0.15) is 5.57 Å². The molecule has 1 fully saturated rings. The molecular weight excluding hydrogens is 216 g/mol. The van der Waals surface area contributed by atoms with Crippen LogP contribution in [0.15, 0.2) is 42.1 Å². The van der Waals surface area contributed by atoms with Crippen LogP contribution in [0, 0.1) is 0 Å². The summed E-state index contributed by atoms with van der Waals surface area (Å²) in [6.07, 6.45) is 1.61. The minimum atomic E-state index is -0.282. The van der Waals surface area contributed by atoms with E-state index in [4.69, 9.17) is 0 Å². The molecule has 1 amide bonds. The molecule has 4 nitrogen and oxygen atoms in total. The van der Waals surface area contributed by atoms with Gasteiger partial charge in [-0.15, -0.1) is 0 Å². The molecule has 1 N–H and O–H groups in total. The number of rotatable bonds is 3. The molecule has 4 heteroatoms. The predicted octanol–water partition coefficient (Wildman–Crippen LogP) is 0.701. The molecule has 0 radical (unpaired) electrons. The van der Waals surface area contributed by atoms with Gasteiger partial charge < -0.3 is 10.2 Å². The lowest BCUT2D eigenvalue weighted by atomic mass is 10.2. The zero-order valence-corrected chi connectivity index (χ0v) is 9.64. The Kier molecular flexibility index (Phi) is 3.23. The summed E-state index contributed by atoms with van der Waals surface area (Å²) in [5, 5.41) is 2.51. The Morgan fingerprint density at radius 2 is 2.00 bits per heavy atom. The summed E-state index contributed by atoms with van der Waals surface area (Å²) in [6, 6.07) is 9.89. The van der Waals surface area contributed by atoms with Crippen molar-refractivity contribution in [3.63, 3.8) is 0 Å². The highest BCUT2D eigenvalue weighted by Gasteiger charge is 2.25. The lowest BCUT2D eigenvalue weighted by Gasteiger charge is -2.14. The predicted molar refractivity (Wildman–Crippen MR) is 64.0 cm³/mol. The van der Waals surface area contributed by atoms with Crippen molar-refractivity contribution in [2.24, 2.45) is 0 Å². The lowest BCUT2D eigenvalue weighted by Crippen LogP contribution is -2.17. The van der Waals surface area contributed by atoms with Crippen LogP contribution < -0.4 is 5.32 Å². The second kappa shape index (κ2) is 4.82. The molecule has 0 aromatic heterocycles. The summed E-state index contributed by atoms with van der Waals surface area (Å²) >= 11 is 0. The van der Waals surface area contributed by atoms with Crippen LogP contribution in [0.25, 0.3) is 0 Å². The van der Waals surface area contributed by atoms with Crippen LogP contribution in [0.3, 0.4) is 0 Å². The molecule has 1 saturated heterocycles. The van der Waals surface area contributed by atoms with E-state index in [1.807, 2.05) is 42.3 Å². The van der Waals surface area contributed by atoms with Crippen molar-refractivity contribution in [2.45, 2.75) is 6.54 Å². The van der Waals surface area contributed by atoms with E-state index < -0.39 is 0 Å². The zero-order valence-electron chi connectivity index (χ0n) is 9.64. The molecule has 0 spiro atoms. The van der Waals surface area contributed by atoms with E-state index in [9.17, 15) is 9.59 Å². The fraction of sp³-hybridized carbons (Fsp3) is 0.231. The Labute approximate surface area is 99.9 Å². The maximum atomic E-state index is 11.4. The molecule has 0 unspecified atom stereocenters. The first-order chi connectivity index (χ1) is 8.16. The number of hydrogen-bond acceptors (Lipinski definition) is 3. The minimum Gasteiger partial charge on any atom is -0.375 e. The molecule has 2 rings (SSSR count). The summed E-state index contributed by atoms with van der Waals surface area (Å²) in [6.45, 7) is 0.786. The fourth-order valence-electron chi connectivity index (χ4n) is 1.75. The van der Waals surface area contributed by atoms with E-state index in [0.717, 1.165) is 5.56 Å².